The van der Waals surface area contributed by atoms with Crippen molar-refractivity contribution in [2.75, 3.05) is 53.6 Å². The van der Waals surface area contributed by atoms with Crippen molar-refractivity contribution in [2.24, 2.45) is 0 Å². The molecule has 8 atom stereocenters. The molecule has 8 rings (SSSR count). The lowest BCUT2D eigenvalue weighted by atomic mass is 9.96. The number of ether oxygens (including phenoxy) is 4. The molecule has 12 nitrogen and oxygen atoms in total. The molecule has 70 heavy (non-hydrogen) atoms. The van der Waals surface area contributed by atoms with E-state index < -0.39 is 23.7 Å². The number of nitrogens with zero attached hydrogens (tertiary/aromatic N) is 6. The predicted molar refractivity (Wildman–Crippen MR) is 251 cm³/mol. The van der Waals surface area contributed by atoms with Crippen LogP contribution in [0, 0.1) is 27.7 Å². The van der Waals surface area contributed by atoms with E-state index in [9.17, 15) is 35.9 Å². The molecule has 4 bridgehead atoms. The van der Waals surface area contributed by atoms with Gasteiger partial charge in [-0.2, -0.15) is 26.3 Å². The zero-order valence-corrected chi connectivity index (χ0v) is 41.4. The molecule has 0 saturated carbocycles. The average molecular weight is 983 g/mol. The van der Waals surface area contributed by atoms with Gasteiger partial charge in [0.1, 0.15) is 36.1 Å². The highest BCUT2D eigenvalue weighted by molar-refractivity contribution is 5.95. The minimum Gasteiger partial charge on any atom is -0.491 e. The number of carbonyl (C=O) groups excluding carboxylic acids is 2. The molecule has 6 heterocycles. The number of likely N-dealkylation sites (tertiary alicyclic amines) is 4. The maximum atomic E-state index is 13.0. The average Bonchev–Trinajstić information content (AvgIpc) is 4.16. The van der Waals surface area contributed by atoms with E-state index in [-0.39, 0.29) is 71.4 Å². The zero-order valence-electron chi connectivity index (χ0n) is 41.4. The Bertz CT molecular complexity index is 2320. The van der Waals surface area contributed by atoms with Crippen molar-refractivity contribution < 1.29 is 54.9 Å². The molecule has 4 aliphatic heterocycles. The van der Waals surface area contributed by atoms with Crippen molar-refractivity contribution in [3.05, 3.63) is 117 Å². The largest absolute Gasteiger partial charge is 0.491 e. The van der Waals surface area contributed by atoms with Crippen LogP contribution in [0.3, 0.4) is 0 Å². The first-order valence-electron chi connectivity index (χ1n) is 23.7. The zero-order chi connectivity index (χ0) is 51.0. The molecular formula is C52H64F6N6O6. The number of amides is 2. The van der Waals surface area contributed by atoms with Gasteiger partial charge >= 0.3 is 12.4 Å². The molecule has 0 spiro atoms. The van der Waals surface area contributed by atoms with Crippen LogP contribution < -0.4 is 9.47 Å². The number of carbonyl (C=O) groups is 2. The molecule has 0 unspecified atom stereocenters. The molecule has 380 valence electrons. The number of rotatable bonds is 14. The summed E-state index contributed by atoms with van der Waals surface area (Å²) in [7, 11) is 3.32. The molecule has 4 aliphatic rings. The number of methoxy groups -OCH3 is 2. The number of piperazine rings is 2. The van der Waals surface area contributed by atoms with Gasteiger partial charge in [0.05, 0.1) is 23.3 Å². The number of aromatic nitrogens is 2. The quantitative estimate of drug-likeness (QED) is 0.113. The summed E-state index contributed by atoms with van der Waals surface area (Å²) in [5.74, 6) is 1.19. The second-order valence-corrected chi connectivity index (χ2v) is 19.1. The third kappa shape index (κ3) is 11.1. The van der Waals surface area contributed by atoms with Gasteiger partial charge in [-0.05, 0) is 138 Å². The Morgan fingerprint density at radius 3 is 1.21 bits per heavy atom. The molecule has 0 aliphatic carbocycles. The lowest BCUT2D eigenvalue weighted by molar-refractivity contribution is -0.142. The van der Waals surface area contributed by atoms with Crippen LogP contribution in [-0.2, 0) is 21.8 Å². The van der Waals surface area contributed by atoms with Gasteiger partial charge in [0.15, 0.2) is 0 Å². The summed E-state index contributed by atoms with van der Waals surface area (Å²) in [5.41, 5.74) is 5.43. The summed E-state index contributed by atoms with van der Waals surface area (Å²) >= 11 is 0. The van der Waals surface area contributed by atoms with Crippen molar-refractivity contribution >= 4 is 11.8 Å². The number of halogens is 6. The van der Waals surface area contributed by atoms with Crippen molar-refractivity contribution in [3.8, 4) is 11.5 Å². The number of hydrogen-bond donors (Lipinski definition) is 0. The Balaban J connectivity index is 0.000000206. The lowest BCUT2D eigenvalue weighted by Crippen LogP contribution is -2.49. The molecule has 2 aromatic carbocycles. The molecule has 4 fully saturated rings. The van der Waals surface area contributed by atoms with Gasteiger partial charge in [-0.1, -0.05) is 12.1 Å². The van der Waals surface area contributed by atoms with Crippen molar-refractivity contribution in [2.45, 2.75) is 129 Å². The normalized spacial score (nSPS) is 21.9. The Morgan fingerprint density at radius 2 is 0.929 bits per heavy atom. The molecule has 4 saturated heterocycles. The third-order valence-corrected chi connectivity index (χ3v) is 14.9. The van der Waals surface area contributed by atoms with E-state index in [2.05, 4.69) is 73.4 Å². The number of benzene rings is 2. The maximum absolute atomic E-state index is 13.0. The SMILES string of the molecule is CO[C@@H](C)COc1ccc([C@H](C)N2C[C@@H]3C[C@H]2CN3C(=O)c2ccc(C(F)(F)F)nc2)c(C)c1C.CO[C@H](C)COc1ccc([C@H](C)N2C[C@@H]3C[C@H]2CN3C(=O)c2ccc(C(F)(F)F)nc2)c(C)c1C. The molecule has 2 amide bonds. The van der Waals surface area contributed by atoms with E-state index in [0.717, 1.165) is 73.1 Å². The van der Waals surface area contributed by atoms with Gasteiger partial charge in [-0.3, -0.25) is 29.4 Å². The fourth-order valence-corrected chi connectivity index (χ4v) is 10.3. The van der Waals surface area contributed by atoms with E-state index in [1.807, 2.05) is 26.0 Å². The van der Waals surface area contributed by atoms with Crippen LogP contribution >= 0.6 is 0 Å². The van der Waals surface area contributed by atoms with Crippen LogP contribution in [-0.4, -0.2) is 131 Å². The predicted octanol–water partition coefficient (Wildman–Crippen LogP) is 9.58. The highest BCUT2D eigenvalue weighted by atomic mass is 19.4. The van der Waals surface area contributed by atoms with E-state index in [1.165, 1.54) is 34.4 Å². The lowest BCUT2D eigenvalue weighted by Gasteiger charge is -2.38. The van der Waals surface area contributed by atoms with Crippen molar-refractivity contribution in [1.29, 1.82) is 0 Å². The summed E-state index contributed by atoms with van der Waals surface area (Å²) in [5, 5.41) is 0. The Hall–Kier alpha value is -5.30. The van der Waals surface area contributed by atoms with Crippen LogP contribution in [0.25, 0.3) is 0 Å². The van der Waals surface area contributed by atoms with Gasteiger partial charge in [0.2, 0.25) is 0 Å². The summed E-state index contributed by atoms with van der Waals surface area (Å²) < 4.78 is 99.1. The first kappa shape index (κ1) is 52.5. The summed E-state index contributed by atoms with van der Waals surface area (Å²) in [6.07, 6.45) is -5.24. The van der Waals surface area contributed by atoms with E-state index in [4.69, 9.17) is 18.9 Å². The highest BCUT2D eigenvalue weighted by Crippen LogP contribution is 2.42. The molecule has 4 aromatic rings. The molecule has 0 radical (unpaired) electrons. The third-order valence-electron chi connectivity index (χ3n) is 14.9. The fraction of sp³-hybridized carbons (Fsp3) is 0.538. The molecule has 18 heteroatoms. The molecule has 2 aromatic heterocycles. The van der Waals surface area contributed by atoms with Gasteiger partial charge in [-0.15, -0.1) is 0 Å². The van der Waals surface area contributed by atoms with Crippen LogP contribution in [0.1, 0.15) is 118 Å². The fourth-order valence-electron chi connectivity index (χ4n) is 10.3. The van der Waals surface area contributed by atoms with E-state index >= 15 is 0 Å². The maximum Gasteiger partial charge on any atom is 0.433 e. The van der Waals surface area contributed by atoms with Crippen molar-refractivity contribution in [3.63, 3.8) is 0 Å². The minimum atomic E-state index is -4.52. The number of pyridine rings is 2. The second-order valence-electron chi connectivity index (χ2n) is 19.1. The van der Waals surface area contributed by atoms with Crippen LogP contribution in [0.15, 0.2) is 60.9 Å². The Morgan fingerprint density at radius 1 is 0.557 bits per heavy atom. The monoisotopic (exact) mass is 982 g/mol. The molecule has 0 N–H and O–H groups in total. The summed E-state index contributed by atoms with van der Waals surface area (Å²) in [6, 6.07) is 13.2. The second kappa shape index (κ2) is 21.2. The Kier molecular flexibility index (Phi) is 15.9. The number of fused-ring (bicyclic) bond motifs is 4. The molecular weight excluding hydrogens is 919 g/mol. The first-order chi connectivity index (χ1) is 33.0. The van der Waals surface area contributed by atoms with Crippen LogP contribution in [0.5, 0.6) is 11.5 Å². The van der Waals surface area contributed by atoms with Crippen LogP contribution in [0.2, 0.25) is 0 Å². The smallest absolute Gasteiger partial charge is 0.433 e. The minimum absolute atomic E-state index is 0.0115. The number of alkyl halides is 6. The van der Waals surface area contributed by atoms with Gasteiger partial charge in [0, 0.05) is 89.0 Å². The standard InChI is InChI=1S/2C26H32F3N3O3/c2*1-15(34-5)14-35-23-8-7-22(16(2)17(23)3)18(4)31-12-21-10-20(31)13-32(21)25(33)19-6-9-24(30-11-19)26(27,28)29/h2*6-9,11,15,18,20-21H,10,12-14H2,1-5H3/t15-,18+,20+,21+;15-,18-,20-,21-/m10/s1. The van der Waals surface area contributed by atoms with Crippen LogP contribution in [0.4, 0.5) is 26.3 Å². The van der Waals surface area contributed by atoms with Gasteiger partial charge in [-0.25, -0.2) is 0 Å². The summed E-state index contributed by atoms with van der Waals surface area (Å²) in [6.45, 7) is 20.2. The topological polar surface area (TPSA) is 110 Å². The summed E-state index contributed by atoms with van der Waals surface area (Å²) in [4.78, 5) is 41.2. The first-order valence-corrected chi connectivity index (χ1v) is 23.7. The van der Waals surface area contributed by atoms with Crippen molar-refractivity contribution in [1.82, 2.24) is 29.6 Å². The van der Waals surface area contributed by atoms with Gasteiger partial charge < -0.3 is 28.7 Å². The van der Waals surface area contributed by atoms with E-state index in [1.54, 1.807) is 24.0 Å². The number of hydrogen-bond acceptors (Lipinski definition) is 10. The highest BCUT2D eigenvalue weighted by Gasteiger charge is 2.49. The Labute approximate surface area is 406 Å². The van der Waals surface area contributed by atoms with Gasteiger partial charge in [0.25, 0.3) is 11.8 Å². The van der Waals surface area contributed by atoms with E-state index in [0.29, 0.717) is 26.3 Å².